The molecule has 0 aliphatic heterocycles. The summed E-state index contributed by atoms with van der Waals surface area (Å²) in [5, 5.41) is 5.66. The first kappa shape index (κ1) is 18.7. The van der Waals surface area contributed by atoms with E-state index in [0.717, 1.165) is 0 Å². The number of methoxy groups -OCH3 is 1. The van der Waals surface area contributed by atoms with E-state index in [-0.39, 0.29) is 23.7 Å². The molecule has 0 saturated heterocycles. The van der Waals surface area contributed by atoms with E-state index in [1.165, 1.54) is 7.11 Å². The lowest BCUT2D eigenvalue weighted by Crippen LogP contribution is -2.35. The highest BCUT2D eigenvalue weighted by Gasteiger charge is 2.29. The van der Waals surface area contributed by atoms with Crippen molar-refractivity contribution in [3.8, 4) is 0 Å². The van der Waals surface area contributed by atoms with Gasteiger partial charge in [-0.25, -0.2) is 4.79 Å². The molecule has 134 valence electrons. The fraction of sp³-hybridized carbons (Fsp3) is 0.421. The number of anilines is 1. The zero-order valence-electron chi connectivity index (χ0n) is 14.4. The third-order valence-electron chi connectivity index (χ3n) is 4.44. The summed E-state index contributed by atoms with van der Waals surface area (Å²) >= 11 is 0. The van der Waals surface area contributed by atoms with Crippen molar-refractivity contribution in [3.05, 3.63) is 42.5 Å². The molecule has 1 aromatic carbocycles. The standard InChI is InChI=1S/C19H24N2O4/c1-3-11-20-17(22)13-7-9-14(10-8-13)18(23)21-16-6-4-5-15(12-16)19(24)25-2/h3-6,12-14H,1,7-11H2,2H3,(H,20,22)(H,21,23). The lowest BCUT2D eigenvalue weighted by atomic mass is 9.81. The molecule has 2 rings (SSSR count). The van der Waals surface area contributed by atoms with Gasteiger partial charge in [-0.2, -0.15) is 0 Å². The van der Waals surface area contributed by atoms with Crippen molar-refractivity contribution >= 4 is 23.5 Å². The van der Waals surface area contributed by atoms with Gasteiger partial charge in [0.1, 0.15) is 0 Å². The highest BCUT2D eigenvalue weighted by atomic mass is 16.5. The van der Waals surface area contributed by atoms with Crippen LogP contribution in [-0.4, -0.2) is 31.4 Å². The molecule has 6 nitrogen and oxygen atoms in total. The van der Waals surface area contributed by atoms with Crippen LogP contribution in [0.3, 0.4) is 0 Å². The summed E-state index contributed by atoms with van der Waals surface area (Å²) in [4.78, 5) is 35.9. The number of hydrogen-bond donors (Lipinski definition) is 2. The van der Waals surface area contributed by atoms with E-state index in [2.05, 4.69) is 21.9 Å². The van der Waals surface area contributed by atoms with Gasteiger partial charge in [-0.15, -0.1) is 6.58 Å². The number of esters is 1. The molecule has 2 amide bonds. The van der Waals surface area contributed by atoms with E-state index < -0.39 is 5.97 Å². The van der Waals surface area contributed by atoms with Crippen LogP contribution < -0.4 is 10.6 Å². The first-order valence-electron chi connectivity index (χ1n) is 8.43. The van der Waals surface area contributed by atoms with Gasteiger partial charge in [0.05, 0.1) is 12.7 Å². The predicted octanol–water partition coefficient (Wildman–Crippen LogP) is 2.52. The molecule has 1 aliphatic carbocycles. The number of benzene rings is 1. The molecular weight excluding hydrogens is 320 g/mol. The molecule has 0 bridgehead atoms. The van der Waals surface area contributed by atoms with Crippen molar-refractivity contribution in [2.75, 3.05) is 19.0 Å². The van der Waals surface area contributed by atoms with E-state index in [9.17, 15) is 14.4 Å². The van der Waals surface area contributed by atoms with Crippen molar-refractivity contribution in [3.63, 3.8) is 0 Å². The summed E-state index contributed by atoms with van der Waals surface area (Å²) in [5.74, 6) is -0.643. The average Bonchev–Trinajstić information content (AvgIpc) is 2.65. The van der Waals surface area contributed by atoms with Crippen LogP contribution in [0, 0.1) is 11.8 Å². The zero-order chi connectivity index (χ0) is 18.2. The smallest absolute Gasteiger partial charge is 0.337 e. The number of carbonyl (C=O) groups excluding carboxylic acids is 3. The minimum absolute atomic E-state index is 0.0320. The third-order valence-corrected chi connectivity index (χ3v) is 4.44. The number of hydrogen-bond acceptors (Lipinski definition) is 4. The second kappa shape index (κ2) is 9.01. The van der Waals surface area contributed by atoms with Crippen LogP contribution in [0.15, 0.2) is 36.9 Å². The molecule has 0 radical (unpaired) electrons. The van der Waals surface area contributed by atoms with Crippen LogP contribution in [-0.2, 0) is 14.3 Å². The van der Waals surface area contributed by atoms with Gasteiger partial charge in [0.15, 0.2) is 0 Å². The molecule has 0 atom stereocenters. The van der Waals surface area contributed by atoms with Crippen molar-refractivity contribution in [1.82, 2.24) is 5.32 Å². The largest absolute Gasteiger partial charge is 0.465 e. The number of rotatable bonds is 6. The summed E-state index contributed by atoms with van der Waals surface area (Å²) in [5.41, 5.74) is 0.960. The minimum Gasteiger partial charge on any atom is -0.465 e. The topological polar surface area (TPSA) is 84.5 Å². The van der Waals surface area contributed by atoms with Crippen LogP contribution >= 0.6 is 0 Å². The number of carbonyl (C=O) groups is 3. The van der Waals surface area contributed by atoms with Crippen molar-refractivity contribution in [2.45, 2.75) is 25.7 Å². The Bertz CT molecular complexity index is 649. The minimum atomic E-state index is -0.442. The summed E-state index contributed by atoms with van der Waals surface area (Å²) in [6.45, 7) is 4.05. The maximum atomic E-state index is 12.4. The maximum absolute atomic E-state index is 12.4. The van der Waals surface area contributed by atoms with Gasteiger partial charge in [-0.1, -0.05) is 12.1 Å². The molecule has 2 N–H and O–H groups in total. The van der Waals surface area contributed by atoms with E-state index in [1.807, 2.05) is 0 Å². The Morgan fingerprint density at radius 3 is 2.40 bits per heavy atom. The van der Waals surface area contributed by atoms with Crippen molar-refractivity contribution in [1.29, 1.82) is 0 Å². The first-order chi connectivity index (χ1) is 12.0. The monoisotopic (exact) mass is 344 g/mol. The summed E-state index contributed by atoms with van der Waals surface area (Å²) in [6.07, 6.45) is 4.40. The number of nitrogens with one attached hydrogen (secondary N) is 2. The Morgan fingerprint density at radius 1 is 1.16 bits per heavy atom. The molecule has 1 aromatic rings. The van der Waals surface area contributed by atoms with Crippen LogP contribution in [0.25, 0.3) is 0 Å². The Hall–Kier alpha value is -2.63. The van der Waals surface area contributed by atoms with Gasteiger partial charge >= 0.3 is 5.97 Å². The predicted molar refractivity (Wildman–Crippen MR) is 95.1 cm³/mol. The first-order valence-corrected chi connectivity index (χ1v) is 8.43. The molecular formula is C19H24N2O4. The van der Waals surface area contributed by atoms with E-state index in [1.54, 1.807) is 30.3 Å². The van der Waals surface area contributed by atoms with Gasteiger partial charge in [-0.05, 0) is 43.9 Å². The molecule has 1 saturated carbocycles. The highest BCUT2D eigenvalue weighted by molar-refractivity contribution is 5.95. The summed E-state index contributed by atoms with van der Waals surface area (Å²) < 4.78 is 4.68. The van der Waals surface area contributed by atoms with Crippen LogP contribution in [0.5, 0.6) is 0 Å². The van der Waals surface area contributed by atoms with Crippen LogP contribution in [0.1, 0.15) is 36.0 Å². The Morgan fingerprint density at radius 2 is 1.80 bits per heavy atom. The van der Waals surface area contributed by atoms with Crippen molar-refractivity contribution < 1.29 is 19.1 Å². The number of amides is 2. The lowest BCUT2D eigenvalue weighted by molar-refractivity contribution is -0.128. The quantitative estimate of drug-likeness (QED) is 0.613. The molecule has 25 heavy (non-hydrogen) atoms. The van der Waals surface area contributed by atoms with Gasteiger partial charge < -0.3 is 15.4 Å². The molecule has 0 spiro atoms. The van der Waals surface area contributed by atoms with Gasteiger partial charge in [-0.3, -0.25) is 9.59 Å². The zero-order valence-corrected chi connectivity index (χ0v) is 14.4. The summed E-state index contributed by atoms with van der Waals surface area (Å²) in [7, 11) is 1.32. The van der Waals surface area contributed by atoms with Gasteiger partial charge in [0, 0.05) is 24.1 Å². The third kappa shape index (κ3) is 5.17. The lowest BCUT2D eigenvalue weighted by Gasteiger charge is -2.27. The highest BCUT2D eigenvalue weighted by Crippen LogP contribution is 2.30. The molecule has 0 heterocycles. The fourth-order valence-electron chi connectivity index (χ4n) is 3.02. The Balaban J connectivity index is 1.87. The molecule has 6 heteroatoms. The molecule has 1 aliphatic rings. The second-order valence-corrected chi connectivity index (χ2v) is 6.14. The summed E-state index contributed by atoms with van der Waals surface area (Å²) in [6, 6.07) is 6.66. The van der Waals surface area contributed by atoms with E-state index in [0.29, 0.717) is 43.5 Å². The van der Waals surface area contributed by atoms with E-state index in [4.69, 9.17) is 0 Å². The second-order valence-electron chi connectivity index (χ2n) is 6.14. The molecule has 0 aromatic heterocycles. The molecule has 0 unspecified atom stereocenters. The van der Waals surface area contributed by atoms with Gasteiger partial charge in [0.25, 0.3) is 0 Å². The fourth-order valence-corrected chi connectivity index (χ4v) is 3.02. The Kier molecular flexibility index (Phi) is 6.74. The van der Waals surface area contributed by atoms with E-state index >= 15 is 0 Å². The molecule has 1 fully saturated rings. The van der Waals surface area contributed by atoms with Crippen LogP contribution in [0.4, 0.5) is 5.69 Å². The van der Waals surface area contributed by atoms with Gasteiger partial charge in [0.2, 0.25) is 11.8 Å². The maximum Gasteiger partial charge on any atom is 0.337 e. The normalized spacial score (nSPS) is 19.6. The van der Waals surface area contributed by atoms with Crippen LogP contribution in [0.2, 0.25) is 0 Å². The average molecular weight is 344 g/mol. The SMILES string of the molecule is C=CCNC(=O)C1CCC(C(=O)Nc2cccc(C(=O)OC)c2)CC1. The van der Waals surface area contributed by atoms with Crippen molar-refractivity contribution in [2.24, 2.45) is 11.8 Å². The Labute approximate surface area is 147 Å². The number of ether oxygens (including phenoxy) is 1.